The van der Waals surface area contributed by atoms with Gasteiger partial charge in [0.05, 0.1) is 0 Å². The van der Waals surface area contributed by atoms with Crippen molar-refractivity contribution < 1.29 is 5.11 Å². The normalized spacial score (nSPS) is 27.9. The zero-order valence-corrected chi connectivity index (χ0v) is 9.03. The van der Waals surface area contributed by atoms with E-state index >= 15 is 0 Å². The van der Waals surface area contributed by atoms with E-state index in [1.54, 1.807) is 0 Å². The molecule has 1 rings (SSSR count). The van der Waals surface area contributed by atoms with Crippen LogP contribution in [0.25, 0.3) is 0 Å². The minimum absolute atomic E-state index is 0.313. The van der Waals surface area contributed by atoms with E-state index in [0.717, 1.165) is 26.2 Å². The maximum Gasteiger partial charge on any atom is 0.0483 e. The van der Waals surface area contributed by atoms with E-state index in [1.165, 1.54) is 0 Å². The molecule has 1 fully saturated rings. The summed E-state index contributed by atoms with van der Waals surface area (Å²) in [6, 6.07) is 0.598. The number of rotatable bonds is 2. The van der Waals surface area contributed by atoms with Crippen molar-refractivity contribution >= 4 is 0 Å². The second kappa shape index (κ2) is 4.94. The van der Waals surface area contributed by atoms with Crippen LogP contribution in [0.1, 0.15) is 13.8 Å². The lowest BCUT2D eigenvalue weighted by Crippen LogP contribution is -2.36. The molecule has 0 radical (unpaired) electrons. The molecule has 0 aromatic rings. The number of aliphatic hydroxyl groups is 1. The minimum atomic E-state index is 0.313. The number of hydrogen-bond donors (Lipinski definition) is 1. The Morgan fingerprint density at radius 2 is 2.00 bits per heavy atom. The number of nitrogens with zero attached hydrogens (tertiary/aromatic N) is 2. The van der Waals surface area contributed by atoms with Gasteiger partial charge in [-0.25, -0.2) is 0 Å². The summed E-state index contributed by atoms with van der Waals surface area (Å²) in [6.45, 7) is 9.07. The standard InChI is InChI=1S/C10H22N2O/c1-9(2)12-5-4-11(3)6-10(7-12)8-13/h9-10,13H,4-8H2,1-3H3. The summed E-state index contributed by atoms with van der Waals surface area (Å²) in [5.74, 6) is 0.426. The minimum Gasteiger partial charge on any atom is -0.396 e. The Kier molecular flexibility index (Phi) is 4.16. The molecule has 0 saturated carbocycles. The van der Waals surface area contributed by atoms with Crippen LogP contribution in [0.15, 0.2) is 0 Å². The van der Waals surface area contributed by atoms with E-state index in [1.807, 2.05) is 0 Å². The zero-order valence-electron chi connectivity index (χ0n) is 9.03. The summed E-state index contributed by atoms with van der Waals surface area (Å²) in [7, 11) is 2.13. The predicted octanol–water partition coefficient (Wildman–Crippen LogP) is 0.251. The van der Waals surface area contributed by atoms with Gasteiger partial charge < -0.3 is 10.0 Å². The summed E-state index contributed by atoms with van der Waals surface area (Å²) in [5.41, 5.74) is 0. The molecule has 0 aromatic carbocycles. The Morgan fingerprint density at radius 3 is 2.54 bits per heavy atom. The van der Waals surface area contributed by atoms with E-state index < -0.39 is 0 Å². The third-order valence-electron chi connectivity index (χ3n) is 2.82. The third-order valence-corrected chi connectivity index (χ3v) is 2.82. The first-order chi connectivity index (χ1) is 6.13. The van der Waals surface area contributed by atoms with Gasteiger partial charge in [-0.3, -0.25) is 4.90 Å². The summed E-state index contributed by atoms with van der Waals surface area (Å²) >= 11 is 0. The Balaban J connectivity index is 2.51. The fourth-order valence-corrected chi connectivity index (χ4v) is 1.90. The molecule has 3 nitrogen and oxygen atoms in total. The van der Waals surface area contributed by atoms with Crippen molar-refractivity contribution in [3.8, 4) is 0 Å². The van der Waals surface area contributed by atoms with Gasteiger partial charge in [0, 0.05) is 44.7 Å². The molecule has 0 bridgehead atoms. The van der Waals surface area contributed by atoms with Gasteiger partial charge in [-0.2, -0.15) is 0 Å². The average Bonchev–Trinajstić information content (AvgIpc) is 2.26. The predicted molar refractivity (Wildman–Crippen MR) is 54.8 cm³/mol. The Morgan fingerprint density at radius 1 is 1.31 bits per heavy atom. The second-order valence-electron chi connectivity index (χ2n) is 4.40. The molecule has 0 spiro atoms. The van der Waals surface area contributed by atoms with Crippen LogP contribution < -0.4 is 0 Å². The largest absolute Gasteiger partial charge is 0.396 e. The molecule has 0 aromatic heterocycles. The zero-order chi connectivity index (χ0) is 9.84. The molecule has 1 heterocycles. The smallest absolute Gasteiger partial charge is 0.0483 e. The molecule has 0 amide bonds. The Hall–Kier alpha value is -0.120. The van der Waals surface area contributed by atoms with Gasteiger partial charge in [0.25, 0.3) is 0 Å². The quantitative estimate of drug-likeness (QED) is 0.670. The lowest BCUT2D eigenvalue weighted by atomic mass is 10.1. The van der Waals surface area contributed by atoms with Gasteiger partial charge in [-0.15, -0.1) is 0 Å². The first-order valence-electron chi connectivity index (χ1n) is 5.17. The number of aliphatic hydroxyl groups excluding tert-OH is 1. The van der Waals surface area contributed by atoms with Gasteiger partial charge in [-0.1, -0.05) is 0 Å². The molecule has 13 heavy (non-hydrogen) atoms. The lowest BCUT2D eigenvalue weighted by Gasteiger charge is -2.26. The van der Waals surface area contributed by atoms with Crippen molar-refractivity contribution in [2.24, 2.45) is 5.92 Å². The summed E-state index contributed by atoms with van der Waals surface area (Å²) < 4.78 is 0. The van der Waals surface area contributed by atoms with E-state index in [2.05, 4.69) is 30.7 Å². The third kappa shape index (κ3) is 3.25. The Labute approximate surface area is 81.3 Å². The average molecular weight is 186 g/mol. The van der Waals surface area contributed by atoms with Crippen LogP contribution in [0.4, 0.5) is 0 Å². The van der Waals surface area contributed by atoms with Crippen LogP contribution in [-0.2, 0) is 0 Å². The van der Waals surface area contributed by atoms with Crippen molar-refractivity contribution in [3.05, 3.63) is 0 Å². The van der Waals surface area contributed by atoms with Gasteiger partial charge in [0.1, 0.15) is 0 Å². The maximum absolute atomic E-state index is 9.18. The van der Waals surface area contributed by atoms with E-state index in [9.17, 15) is 5.11 Å². The van der Waals surface area contributed by atoms with E-state index in [4.69, 9.17) is 0 Å². The summed E-state index contributed by atoms with van der Waals surface area (Å²) in [4.78, 5) is 4.76. The van der Waals surface area contributed by atoms with Crippen LogP contribution in [0, 0.1) is 5.92 Å². The fourth-order valence-electron chi connectivity index (χ4n) is 1.90. The molecular weight excluding hydrogens is 164 g/mol. The highest BCUT2D eigenvalue weighted by molar-refractivity contribution is 4.76. The Bertz CT molecular complexity index is 150. The topological polar surface area (TPSA) is 26.7 Å². The van der Waals surface area contributed by atoms with Gasteiger partial charge in [0.15, 0.2) is 0 Å². The number of likely N-dealkylation sites (N-methyl/N-ethyl adjacent to an activating group) is 1. The van der Waals surface area contributed by atoms with Crippen LogP contribution in [0.3, 0.4) is 0 Å². The van der Waals surface area contributed by atoms with Crippen LogP contribution in [-0.4, -0.2) is 60.8 Å². The molecule has 3 heteroatoms. The molecule has 1 unspecified atom stereocenters. The second-order valence-corrected chi connectivity index (χ2v) is 4.40. The molecule has 1 atom stereocenters. The first-order valence-corrected chi connectivity index (χ1v) is 5.17. The van der Waals surface area contributed by atoms with Crippen molar-refractivity contribution in [1.82, 2.24) is 9.80 Å². The van der Waals surface area contributed by atoms with E-state index in [0.29, 0.717) is 18.6 Å². The first kappa shape index (κ1) is 11.0. The molecule has 0 aliphatic carbocycles. The van der Waals surface area contributed by atoms with Gasteiger partial charge in [0.2, 0.25) is 0 Å². The molecule has 78 valence electrons. The van der Waals surface area contributed by atoms with Crippen molar-refractivity contribution in [1.29, 1.82) is 0 Å². The lowest BCUT2D eigenvalue weighted by molar-refractivity contribution is 0.155. The van der Waals surface area contributed by atoms with E-state index in [-0.39, 0.29) is 0 Å². The van der Waals surface area contributed by atoms with Crippen LogP contribution >= 0.6 is 0 Å². The molecule has 1 N–H and O–H groups in total. The fraction of sp³-hybridized carbons (Fsp3) is 1.00. The molecule has 1 saturated heterocycles. The van der Waals surface area contributed by atoms with Gasteiger partial charge >= 0.3 is 0 Å². The van der Waals surface area contributed by atoms with Crippen molar-refractivity contribution in [2.75, 3.05) is 39.8 Å². The molecular formula is C10H22N2O. The van der Waals surface area contributed by atoms with Crippen molar-refractivity contribution in [2.45, 2.75) is 19.9 Å². The van der Waals surface area contributed by atoms with Crippen molar-refractivity contribution in [3.63, 3.8) is 0 Å². The monoisotopic (exact) mass is 186 g/mol. The van der Waals surface area contributed by atoms with Crippen LogP contribution in [0.5, 0.6) is 0 Å². The number of hydrogen-bond acceptors (Lipinski definition) is 3. The van der Waals surface area contributed by atoms with Gasteiger partial charge in [-0.05, 0) is 20.9 Å². The highest BCUT2D eigenvalue weighted by atomic mass is 16.3. The SMILES string of the molecule is CC(C)N1CCN(C)CC(CO)C1. The maximum atomic E-state index is 9.18. The summed E-state index contributed by atoms with van der Waals surface area (Å²) in [5, 5.41) is 9.18. The summed E-state index contributed by atoms with van der Waals surface area (Å²) in [6.07, 6.45) is 0. The highest BCUT2D eigenvalue weighted by Gasteiger charge is 2.21. The molecule has 1 aliphatic heterocycles. The highest BCUT2D eigenvalue weighted by Crippen LogP contribution is 2.10. The van der Waals surface area contributed by atoms with Crippen LogP contribution in [0.2, 0.25) is 0 Å². The molecule has 1 aliphatic rings.